The van der Waals surface area contributed by atoms with Crippen LogP contribution in [0.1, 0.15) is 0 Å². The number of amides is 1. The minimum absolute atomic E-state index is 0.00485. The van der Waals surface area contributed by atoms with Crippen molar-refractivity contribution in [2.24, 2.45) is 5.73 Å². The van der Waals surface area contributed by atoms with Gasteiger partial charge in [-0.25, -0.2) is 4.98 Å². The highest BCUT2D eigenvalue weighted by Gasteiger charge is 2.12. The van der Waals surface area contributed by atoms with Crippen molar-refractivity contribution in [2.75, 3.05) is 17.6 Å². The minimum atomic E-state index is -1.34. The smallest absolute Gasteiger partial charge is 0.248 e. The van der Waals surface area contributed by atoms with Crippen LogP contribution in [0.3, 0.4) is 0 Å². The van der Waals surface area contributed by atoms with Crippen molar-refractivity contribution in [1.29, 1.82) is 0 Å². The van der Waals surface area contributed by atoms with Gasteiger partial charge in [-0.05, 0) is 0 Å². The first-order chi connectivity index (χ1) is 9.06. The number of hydrogen-bond acceptors (Lipinski definition) is 8. The molecule has 0 spiro atoms. The molecule has 0 aliphatic rings. The fraction of sp³-hybridized carbons (Fsp3) is 0.222. The molecule has 2 aromatic heterocycles. The Labute approximate surface area is 107 Å². The summed E-state index contributed by atoms with van der Waals surface area (Å²) in [6.07, 6.45) is 3.35. The average Bonchev–Trinajstić information content (AvgIpc) is 2.89. The fourth-order valence-electron chi connectivity index (χ4n) is 1.24. The molecule has 0 saturated heterocycles. The SMILES string of the molecule is NC(=O)C(O)CNc1nc(N)nc(-n2ccnc2)n1. The molecule has 0 radical (unpaired) electrons. The molecule has 0 aliphatic heterocycles. The van der Waals surface area contributed by atoms with Gasteiger partial charge in [-0.1, -0.05) is 0 Å². The maximum Gasteiger partial charge on any atom is 0.248 e. The highest BCUT2D eigenvalue weighted by Crippen LogP contribution is 2.06. The van der Waals surface area contributed by atoms with Crippen molar-refractivity contribution in [3.05, 3.63) is 18.7 Å². The van der Waals surface area contributed by atoms with Gasteiger partial charge in [0.05, 0.1) is 6.54 Å². The highest BCUT2D eigenvalue weighted by molar-refractivity contribution is 5.79. The molecular formula is C9H12N8O2. The standard InChI is InChI=1S/C9H12N8O2/c10-6(19)5(18)3-13-8-14-7(11)15-9(16-8)17-2-1-12-4-17/h1-2,4-5,18H,3H2,(H2,10,19)(H3,11,13,14,15,16). The highest BCUT2D eigenvalue weighted by atomic mass is 16.3. The zero-order chi connectivity index (χ0) is 13.8. The second-order valence-corrected chi connectivity index (χ2v) is 3.59. The van der Waals surface area contributed by atoms with Crippen LogP contribution in [-0.4, -0.2) is 48.2 Å². The lowest BCUT2D eigenvalue weighted by Gasteiger charge is -2.09. The number of nitrogens with one attached hydrogen (secondary N) is 1. The summed E-state index contributed by atoms with van der Waals surface area (Å²) in [5.41, 5.74) is 10.5. The number of nitrogens with zero attached hydrogens (tertiary/aromatic N) is 5. The summed E-state index contributed by atoms with van der Waals surface area (Å²) in [4.78, 5) is 26.3. The largest absolute Gasteiger partial charge is 0.381 e. The zero-order valence-corrected chi connectivity index (χ0v) is 9.76. The fourth-order valence-corrected chi connectivity index (χ4v) is 1.24. The van der Waals surface area contributed by atoms with Gasteiger partial charge in [-0.2, -0.15) is 15.0 Å². The molecule has 10 nitrogen and oxygen atoms in total. The van der Waals surface area contributed by atoms with E-state index in [0.717, 1.165) is 0 Å². The van der Waals surface area contributed by atoms with Crippen molar-refractivity contribution in [3.63, 3.8) is 0 Å². The van der Waals surface area contributed by atoms with Gasteiger partial charge in [0.1, 0.15) is 12.4 Å². The van der Waals surface area contributed by atoms with Crippen LogP contribution < -0.4 is 16.8 Å². The maximum absolute atomic E-state index is 10.7. The molecule has 0 fully saturated rings. The van der Waals surface area contributed by atoms with E-state index in [0.29, 0.717) is 0 Å². The van der Waals surface area contributed by atoms with Crippen LogP contribution in [0.4, 0.5) is 11.9 Å². The van der Waals surface area contributed by atoms with E-state index in [1.54, 1.807) is 12.4 Å². The molecule has 1 atom stereocenters. The Bertz CT molecular complexity index is 570. The van der Waals surface area contributed by atoms with Gasteiger partial charge < -0.3 is 21.9 Å². The third-order valence-corrected chi connectivity index (χ3v) is 2.16. The molecule has 2 aromatic rings. The van der Waals surface area contributed by atoms with E-state index >= 15 is 0 Å². The van der Waals surface area contributed by atoms with Crippen molar-refractivity contribution in [1.82, 2.24) is 24.5 Å². The molecule has 100 valence electrons. The van der Waals surface area contributed by atoms with E-state index in [1.165, 1.54) is 10.9 Å². The number of aromatic nitrogens is 5. The molecule has 2 heterocycles. The van der Waals surface area contributed by atoms with Gasteiger partial charge in [0.25, 0.3) is 0 Å². The lowest BCUT2D eigenvalue weighted by molar-refractivity contribution is -0.125. The quantitative estimate of drug-likeness (QED) is 0.478. The molecule has 19 heavy (non-hydrogen) atoms. The molecule has 10 heteroatoms. The number of nitrogens with two attached hydrogens (primary N) is 2. The molecule has 1 unspecified atom stereocenters. The third-order valence-electron chi connectivity index (χ3n) is 2.16. The monoisotopic (exact) mass is 264 g/mol. The summed E-state index contributed by atoms with van der Waals surface area (Å²) in [6.45, 7) is -0.123. The lowest BCUT2D eigenvalue weighted by Crippen LogP contribution is -2.34. The van der Waals surface area contributed by atoms with Gasteiger partial charge in [-0.3, -0.25) is 9.36 Å². The molecule has 1 amide bonds. The summed E-state index contributed by atoms with van der Waals surface area (Å²) in [7, 11) is 0. The van der Waals surface area contributed by atoms with Crippen molar-refractivity contribution < 1.29 is 9.90 Å². The van der Waals surface area contributed by atoms with E-state index in [1.807, 2.05) is 0 Å². The Balaban J connectivity index is 2.16. The van der Waals surface area contributed by atoms with E-state index in [9.17, 15) is 9.90 Å². The van der Waals surface area contributed by atoms with Crippen molar-refractivity contribution >= 4 is 17.8 Å². The van der Waals surface area contributed by atoms with Crippen LogP contribution in [-0.2, 0) is 4.79 Å². The van der Waals surface area contributed by atoms with Gasteiger partial charge in [0.15, 0.2) is 0 Å². The first-order valence-electron chi connectivity index (χ1n) is 5.27. The lowest BCUT2D eigenvalue weighted by atomic mass is 10.3. The number of aliphatic hydroxyl groups is 1. The number of nitrogen functional groups attached to an aromatic ring is 1. The number of anilines is 2. The number of carbonyl (C=O) groups excluding carboxylic acids is 1. The Hall–Kier alpha value is -2.75. The molecule has 0 aliphatic carbocycles. The van der Waals surface area contributed by atoms with Gasteiger partial charge in [0, 0.05) is 12.4 Å². The Morgan fingerprint density at radius 1 is 1.47 bits per heavy atom. The van der Waals surface area contributed by atoms with Crippen molar-refractivity contribution in [2.45, 2.75) is 6.10 Å². The summed E-state index contributed by atoms with van der Waals surface area (Å²) >= 11 is 0. The van der Waals surface area contributed by atoms with E-state index in [4.69, 9.17) is 11.5 Å². The molecular weight excluding hydrogens is 252 g/mol. The van der Waals surface area contributed by atoms with Crippen LogP contribution in [0.2, 0.25) is 0 Å². The van der Waals surface area contributed by atoms with Gasteiger partial charge >= 0.3 is 0 Å². The molecule has 0 bridgehead atoms. The third kappa shape index (κ3) is 3.13. The van der Waals surface area contributed by atoms with Crippen LogP contribution in [0.25, 0.3) is 5.95 Å². The number of hydrogen-bond donors (Lipinski definition) is 4. The number of rotatable bonds is 5. The number of aliphatic hydroxyl groups excluding tert-OH is 1. The summed E-state index contributed by atoms with van der Waals surface area (Å²) < 4.78 is 1.54. The van der Waals surface area contributed by atoms with Crippen molar-refractivity contribution in [3.8, 4) is 5.95 Å². The summed E-state index contributed by atoms with van der Waals surface area (Å²) in [5.74, 6) is -0.461. The Morgan fingerprint density at radius 3 is 2.89 bits per heavy atom. The minimum Gasteiger partial charge on any atom is -0.381 e. The molecule has 0 aromatic carbocycles. The van der Waals surface area contributed by atoms with Crippen LogP contribution in [0.15, 0.2) is 18.7 Å². The first kappa shape index (κ1) is 12.7. The second kappa shape index (κ2) is 5.27. The van der Waals surface area contributed by atoms with E-state index in [-0.39, 0.29) is 24.4 Å². The van der Waals surface area contributed by atoms with Crippen LogP contribution >= 0.6 is 0 Å². The molecule has 0 saturated carbocycles. The predicted molar refractivity (Wildman–Crippen MR) is 65.1 cm³/mol. The predicted octanol–water partition coefficient (Wildman–Crippen LogP) is -2.10. The number of primary amides is 1. The second-order valence-electron chi connectivity index (χ2n) is 3.59. The molecule has 2 rings (SSSR count). The summed E-state index contributed by atoms with van der Waals surface area (Å²) in [5, 5.41) is 11.9. The average molecular weight is 264 g/mol. The van der Waals surface area contributed by atoms with Crippen LogP contribution in [0, 0.1) is 0 Å². The topological polar surface area (TPSA) is 158 Å². The first-order valence-corrected chi connectivity index (χ1v) is 5.27. The van der Waals surface area contributed by atoms with Gasteiger partial charge in [-0.15, -0.1) is 0 Å². The van der Waals surface area contributed by atoms with Gasteiger partial charge in [0.2, 0.25) is 23.8 Å². The number of carbonyl (C=O) groups is 1. The summed E-state index contributed by atoms with van der Waals surface area (Å²) in [6, 6.07) is 0. The number of imidazole rings is 1. The zero-order valence-electron chi connectivity index (χ0n) is 9.76. The Kier molecular flexibility index (Phi) is 3.52. The normalized spacial score (nSPS) is 12.1. The molecule has 6 N–H and O–H groups in total. The van der Waals surface area contributed by atoms with E-state index in [2.05, 4.69) is 25.3 Å². The Morgan fingerprint density at radius 2 is 2.26 bits per heavy atom. The van der Waals surface area contributed by atoms with Crippen LogP contribution in [0.5, 0.6) is 0 Å². The van der Waals surface area contributed by atoms with E-state index < -0.39 is 12.0 Å². The maximum atomic E-state index is 10.7.